The lowest BCUT2D eigenvalue weighted by molar-refractivity contribution is 0.190. The third kappa shape index (κ3) is 3.84. The van der Waals surface area contributed by atoms with Crippen LogP contribution >= 0.6 is 11.8 Å². The normalized spacial score (nSPS) is 19.0. The van der Waals surface area contributed by atoms with Crippen molar-refractivity contribution in [3.8, 4) is 17.6 Å². The lowest BCUT2D eigenvalue weighted by Gasteiger charge is -2.30. The van der Waals surface area contributed by atoms with Crippen molar-refractivity contribution in [1.82, 2.24) is 4.90 Å². The van der Waals surface area contributed by atoms with Gasteiger partial charge in [0.05, 0.1) is 31.1 Å². The van der Waals surface area contributed by atoms with Gasteiger partial charge in [-0.25, -0.2) is 0 Å². The largest absolute Gasteiger partial charge is 0.496 e. The second-order valence-corrected chi connectivity index (χ2v) is 6.07. The van der Waals surface area contributed by atoms with Crippen LogP contribution in [0.2, 0.25) is 0 Å². The second kappa shape index (κ2) is 7.58. The lowest BCUT2D eigenvalue weighted by atomic mass is 9.99. The number of benzene rings is 1. The quantitative estimate of drug-likeness (QED) is 0.782. The van der Waals surface area contributed by atoms with Crippen LogP contribution in [-0.4, -0.2) is 38.5 Å². The van der Waals surface area contributed by atoms with Crippen molar-refractivity contribution >= 4 is 11.8 Å². The average Bonchev–Trinajstić information content (AvgIpc) is 2.54. The van der Waals surface area contributed by atoms with Crippen LogP contribution in [-0.2, 0) is 6.54 Å². The first-order valence-electron chi connectivity index (χ1n) is 7.12. The average molecular weight is 306 g/mol. The van der Waals surface area contributed by atoms with Crippen molar-refractivity contribution in [3.63, 3.8) is 0 Å². The molecule has 1 fully saturated rings. The molecule has 0 spiro atoms. The van der Waals surface area contributed by atoms with Gasteiger partial charge in [-0.2, -0.15) is 5.26 Å². The highest BCUT2D eigenvalue weighted by Crippen LogP contribution is 2.35. The zero-order valence-electron chi connectivity index (χ0n) is 12.9. The van der Waals surface area contributed by atoms with Crippen molar-refractivity contribution in [2.75, 3.05) is 33.6 Å². The topological polar surface area (TPSA) is 45.5 Å². The van der Waals surface area contributed by atoms with E-state index in [1.54, 1.807) is 26.0 Å². The van der Waals surface area contributed by atoms with Crippen LogP contribution in [0.25, 0.3) is 0 Å². The second-order valence-electron chi connectivity index (χ2n) is 5.22. The van der Waals surface area contributed by atoms with Gasteiger partial charge in [-0.3, -0.25) is 4.90 Å². The highest BCUT2D eigenvalue weighted by Gasteiger charge is 2.21. The number of ether oxygens (including phenoxy) is 2. The molecular weight excluding hydrogens is 284 g/mol. The first-order valence-corrected chi connectivity index (χ1v) is 8.35. The van der Waals surface area contributed by atoms with E-state index in [-0.39, 0.29) is 5.92 Å². The highest BCUT2D eigenvalue weighted by molar-refractivity contribution is 7.98. The molecule has 1 aliphatic heterocycles. The molecule has 0 bridgehead atoms. The van der Waals surface area contributed by atoms with Gasteiger partial charge in [-0.1, -0.05) is 0 Å². The molecule has 0 N–H and O–H groups in total. The molecule has 1 aliphatic rings. The van der Waals surface area contributed by atoms with E-state index in [0.717, 1.165) is 54.4 Å². The van der Waals surface area contributed by atoms with Crippen LogP contribution in [0, 0.1) is 17.2 Å². The van der Waals surface area contributed by atoms with Crippen LogP contribution < -0.4 is 9.47 Å². The molecule has 0 aromatic heterocycles. The molecule has 1 unspecified atom stereocenters. The van der Waals surface area contributed by atoms with Crippen LogP contribution in [0.3, 0.4) is 0 Å². The summed E-state index contributed by atoms with van der Waals surface area (Å²) >= 11 is 1.65. The number of likely N-dealkylation sites (tertiary alicyclic amines) is 1. The molecular formula is C16H22N2O2S. The molecule has 0 aliphatic carbocycles. The maximum Gasteiger partial charge on any atom is 0.132 e. The third-order valence-electron chi connectivity index (χ3n) is 3.87. The van der Waals surface area contributed by atoms with Crippen molar-refractivity contribution in [1.29, 1.82) is 5.26 Å². The molecule has 21 heavy (non-hydrogen) atoms. The Balaban J connectivity index is 2.20. The van der Waals surface area contributed by atoms with Crippen molar-refractivity contribution in [3.05, 3.63) is 17.7 Å². The van der Waals surface area contributed by atoms with E-state index >= 15 is 0 Å². The summed E-state index contributed by atoms with van der Waals surface area (Å²) in [4.78, 5) is 3.40. The molecule has 0 amide bonds. The zero-order chi connectivity index (χ0) is 15.2. The number of thioether (sulfide) groups is 1. The number of nitrogens with zero attached hydrogens (tertiary/aromatic N) is 2. The van der Waals surface area contributed by atoms with Crippen molar-refractivity contribution in [2.45, 2.75) is 24.3 Å². The van der Waals surface area contributed by atoms with Gasteiger partial charge >= 0.3 is 0 Å². The summed E-state index contributed by atoms with van der Waals surface area (Å²) in [7, 11) is 3.39. The summed E-state index contributed by atoms with van der Waals surface area (Å²) < 4.78 is 11.0. The van der Waals surface area contributed by atoms with Crippen LogP contribution in [0.15, 0.2) is 17.0 Å². The molecule has 0 radical (unpaired) electrons. The summed E-state index contributed by atoms with van der Waals surface area (Å²) in [5.41, 5.74) is 1.12. The Hall–Kier alpha value is -1.38. The van der Waals surface area contributed by atoms with Gasteiger partial charge in [0.1, 0.15) is 11.5 Å². The maximum atomic E-state index is 9.10. The van der Waals surface area contributed by atoms with Crippen LogP contribution in [0.4, 0.5) is 0 Å². The fourth-order valence-corrected chi connectivity index (χ4v) is 3.33. The monoisotopic (exact) mass is 306 g/mol. The van der Waals surface area contributed by atoms with Gasteiger partial charge < -0.3 is 9.47 Å². The van der Waals surface area contributed by atoms with E-state index in [1.807, 2.05) is 12.3 Å². The zero-order valence-corrected chi connectivity index (χ0v) is 13.7. The minimum Gasteiger partial charge on any atom is -0.496 e. The van der Waals surface area contributed by atoms with Gasteiger partial charge in [-0.05, 0) is 37.8 Å². The van der Waals surface area contributed by atoms with Gasteiger partial charge in [-0.15, -0.1) is 11.8 Å². The predicted octanol–water partition coefficient (Wildman–Crippen LogP) is 3.16. The van der Waals surface area contributed by atoms with E-state index in [1.165, 1.54) is 0 Å². The Morgan fingerprint density at radius 1 is 1.33 bits per heavy atom. The third-order valence-corrected chi connectivity index (χ3v) is 4.63. The van der Waals surface area contributed by atoms with Gasteiger partial charge in [0, 0.05) is 18.7 Å². The summed E-state index contributed by atoms with van der Waals surface area (Å²) in [5, 5.41) is 9.10. The van der Waals surface area contributed by atoms with E-state index in [2.05, 4.69) is 17.0 Å². The molecule has 114 valence electrons. The molecule has 0 saturated carbocycles. The van der Waals surface area contributed by atoms with Gasteiger partial charge in [0.15, 0.2) is 0 Å². The fourth-order valence-electron chi connectivity index (χ4n) is 2.76. The molecule has 4 nitrogen and oxygen atoms in total. The first-order chi connectivity index (χ1) is 10.2. The summed E-state index contributed by atoms with van der Waals surface area (Å²) in [5.74, 6) is 1.92. The summed E-state index contributed by atoms with van der Waals surface area (Å²) in [6, 6.07) is 6.48. The number of piperidine rings is 1. The van der Waals surface area contributed by atoms with Crippen molar-refractivity contribution in [2.24, 2.45) is 5.92 Å². The maximum absolute atomic E-state index is 9.10. The van der Waals surface area contributed by atoms with Crippen LogP contribution in [0.1, 0.15) is 18.4 Å². The Labute approximate surface area is 131 Å². The van der Waals surface area contributed by atoms with E-state index in [4.69, 9.17) is 14.7 Å². The van der Waals surface area contributed by atoms with E-state index < -0.39 is 0 Å². The van der Waals surface area contributed by atoms with E-state index in [9.17, 15) is 0 Å². The smallest absolute Gasteiger partial charge is 0.132 e. The summed E-state index contributed by atoms with van der Waals surface area (Å²) in [6.45, 7) is 2.67. The van der Waals surface area contributed by atoms with Gasteiger partial charge in [0.2, 0.25) is 0 Å². The van der Waals surface area contributed by atoms with Crippen LogP contribution in [0.5, 0.6) is 11.5 Å². The molecule has 1 saturated heterocycles. The molecule has 1 atom stereocenters. The predicted molar refractivity (Wildman–Crippen MR) is 84.9 cm³/mol. The molecule has 2 rings (SSSR count). The molecule has 1 aromatic carbocycles. The van der Waals surface area contributed by atoms with E-state index in [0.29, 0.717) is 0 Å². The first kappa shape index (κ1) is 16.0. The molecule has 1 heterocycles. The Morgan fingerprint density at radius 2 is 2.10 bits per heavy atom. The highest BCUT2D eigenvalue weighted by atomic mass is 32.2. The number of hydrogen-bond acceptors (Lipinski definition) is 5. The molecule has 5 heteroatoms. The standard InChI is InChI=1S/C16H22N2O2S/c1-19-14-8-16(21-3)15(20-2)7-13(14)11-18-6-4-5-12(9-17)10-18/h7-8,12H,4-6,10-11H2,1-3H3. The minimum absolute atomic E-state index is 0.150. The van der Waals surface area contributed by atoms with Gasteiger partial charge in [0.25, 0.3) is 0 Å². The molecule has 1 aromatic rings. The lowest BCUT2D eigenvalue weighted by Crippen LogP contribution is -2.34. The number of rotatable bonds is 5. The Bertz CT molecular complexity index is 528. The number of nitriles is 1. The number of methoxy groups -OCH3 is 2. The van der Waals surface area contributed by atoms with Crippen molar-refractivity contribution < 1.29 is 9.47 Å². The number of hydrogen-bond donors (Lipinski definition) is 0. The minimum atomic E-state index is 0.150. The SMILES string of the molecule is COc1cc(SC)c(OC)cc1CN1CCCC(C#N)C1. The fraction of sp³-hybridized carbons (Fsp3) is 0.562. The Kier molecular flexibility index (Phi) is 5.77. The summed E-state index contributed by atoms with van der Waals surface area (Å²) in [6.07, 6.45) is 4.12. The Morgan fingerprint density at radius 3 is 2.71 bits per heavy atom.